The lowest BCUT2D eigenvalue weighted by Gasteiger charge is -2.01. The molecule has 5 nitrogen and oxygen atoms in total. The number of rotatable bonds is 4. The molecule has 0 spiro atoms. The van der Waals surface area contributed by atoms with E-state index in [1.165, 1.54) is 0 Å². The summed E-state index contributed by atoms with van der Waals surface area (Å²) in [5, 5.41) is 4.87. The fraction of sp³-hybridized carbons (Fsp3) is 0.267. The molecule has 2 aromatic heterocycles. The minimum Gasteiger partial charge on any atom is -0.464 e. The molecule has 3 rings (SSSR count). The third-order valence-electron chi connectivity index (χ3n) is 3.37. The molecule has 102 valence electrons. The molecule has 1 atom stereocenters. The van der Waals surface area contributed by atoms with E-state index in [2.05, 4.69) is 10.1 Å². The van der Waals surface area contributed by atoms with Crippen molar-refractivity contribution in [3.63, 3.8) is 0 Å². The molecule has 5 heteroatoms. The number of ketones is 1. The van der Waals surface area contributed by atoms with E-state index < -0.39 is 0 Å². The number of carbonyl (C=O) groups excluding carboxylic acids is 1. The van der Waals surface area contributed by atoms with Crippen LogP contribution in [0.5, 0.6) is 0 Å². The van der Waals surface area contributed by atoms with Crippen molar-refractivity contribution in [1.29, 1.82) is 0 Å². The van der Waals surface area contributed by atoms with Gasteiger partial charge in [-0.15, -0.1) is 0 Å². The Morgan fingerprint density at radius 1 is 1.35 bits per heavy atom. The number of furan rings is 1. The third-order valence-corrected chi connectivity index (χ3v) is 3.37. The van der Waals surface area contributed by atoms with Crippen molar-refractivity contribution in [3.05, 3.63) is 36.4 Å². The Labute approximate surface area is 115 Å². The van der Waals surface area contributed by atoms with Crippen molar-refractivity contribution < 1.29 is 13.7 Å². The maximum Gasteiger partial charge on any atom is 0.237 e. The van der Waals surface area contributed by atoms with Crippen LogP contribution in [-0.2, 0) is 4.79 Å². The molecule has 0 radical (unpaired) electrons. The first-order chi connectivity index (χ1) is 9.70. The summed E-state index contributed by atoms with van der Waals surface area (Å²) in [6, 6.07) is 7.64. The van der Waals surface area contributed by atoms with E-state index in [1.807, 2.05) is 31.2 Å². The van der Waals surface area contributed by atoms with Gasteiger partial charge < -0.3 is 8.94 Å². The van der Waals surface area contributed by atoms with Crippen LogP contribution in [0.4, 0.5) is 0 Å². The fourth-order valence-electron chi connectivity index (χ4n) is 2.12. The average Bonchev–Trinajstić information content (AvgIpc) is 3.11. The molecule has 2 heterocycles. The van der Waals surface area contributed by atoms with Gasteiger partial charge in [0, 0.05) is 11.8 Å². The van der Waals surface area contributed by atoms with Gasteiger partial charge in [0.05, 0.1) is 11.5 Å². The molecule has 0 bridgehead atoms. The number of benzene rings is 1. The molecule has 0 fully saturated rings. The van der Waals surface area contributed by atoms with E-state index in [0.717, 1.165) is 16.5 Å². The van der Waals surface area contributed by atoms with Crippen molar-refractivity contribution in [2.45, 2.75) is 26.2 Å². The van der Waals surface area contributed by atoms with Gasteiger partial charge in [-0.05, 0) is 13.0 Å². The van der Waals surface area contributed by atoms with E-state index in [9.17, 15) is 4.79 Å². The predicted octanol–water partition coefficient (Wildman–Crippen LogP) is 3.57. The Kier molecular flexibility index (Phi) is 3.10. The molecule has 0 aliphatic carbocycles. The zero-order chi connectivity index (χ0) is 14.1. The number of hydrogen-bond donors (Lipinski definition) is 0. The largest absolute Gasteiger partial charge is 0.464 e. The van der Waals surface area contributed by atoms with Crippen LogP contribution >= 0.6 is 0 Å². The zero-order valence-electron chi connectivity index (χ0n) is 11.3. The molecule has 0 amide bonds. The topological polar surface area (TPSA) is 69.1 Å². The van der Waals surface area contributed by atoms with Crippen molar-refractivity contribution in [2.75, 3.05) is 0 Å². The first-order valence-corrected chi connectivity index (χ1v) is 6.53. The van der Waals surface area contributed by atoms with Gasteiger partial charge in [0.15, 0.2) is 0 Å². The minimum absolute atomic E-state index is 0.0808. The van der Waals surface area contributed by atoms with Crippen LogP contribution in [0.25, 0.3) is 22.4 Å². The summed E-state index contributed by atoms with van der Waals surface area (Å²) < 4.78 is 10.7. The summed E-state index contributed by atoms with van der Waals surface area (Å²) >= 11 is 0. The molecule has 0 saturated heterocycles. The minimum atomic E-state index is -0.376. The molecule has 0 saturated carbocycles. The van der Waals surface area contributed by atoms with Crippen LogP contribution in [0.15, 0.2) is 39.5 Å². The lowest BCUT2D eigenvalue weighted by Crippen LogP contribution is -2.07. The van der Waals surface area contributed by atoms with Gasteiger partial charge in [-0.1, -0.05) is 30.3 Å². The zero-order valence-corrected chi connectivity index (χ0v) is 11.3. The number of Topliss-reactive ketones (excluding diaryl/α,β-unsaturated/α-hetero) is 1. The summed E-state index contributed by atoms with van der Waals surface area (Å²) in [5.74, 6) is 0.495. The summed E-state index contributed by atoms with van der Waals surface area (Å²) in [6.07, 6.45) is 2.05. The number of nitrogens with zero attached hydrogens (tertiary/aromatic N) is 2. The number of carbonyl (C=O) groups is 1. The van der Waals surface area contributed by atoms with Crippen LogP contribution in [0.2, 0.25) is 0 Å². The number of fused-ring (bicyclic) bond motifs is 1. The van der Waals surface area contributed by atoms with E-state index in [1.54, 1.807) is 13.2 Å². The summed E-state index contributed by atoms with van der Waals surface area (Å²) in [6.45, 7) is 3.59. The van der Waals surface area contributed by atoms with E-state index in [4.69, 9.17) is 8.94 Å². The van der Waals surface area contributed by atoms with Gasteiger partial charge in [0.2, 0.25) is 11.7 Å². The highest BCUT2D eigenvalue weighted by Crippen LogP contribution is 2.29. The van der Waals surface area contributed by atoms with E-state index in [-0.39, 0.29) is 11.7 Å². The van der Waals surface area contributed by atoms with Gasteiger partial charge in [0.1, 0.15) is 17.6 Å². The normalized spacial score (nSPS) is 12.7. The molecule has 0 aliphatic rings. The number of aromatic nitrogens is 2. The molecule has 3 aromatic rings. The maximum absolute atomic E-state index is 11.7. The molecule has 1 aromatic carbocycles. The van der Waals surface area contributed by atoms with Crippen molar-refractivity contribution in [3.8, 4) is 11.4 Å². The van der Waals surface area contributed by atoms with Gasteiger partial charge in [-0.25, -0.2) is 0 Å². The van der Waals surface area contributed by atoms with Crippen molar-refractivity contribution in [2.24, 2.45) is 0 Å². The van der Waals surface area contributed by atoms with E-state index >= 15 is 0 Å². The first kappa shape index (κ1) is 12.6. The Hall–Kier alpha value is -2.43. The fourth-order valence-corrected chi connectivity index (χ4v) is 2.12. The second-order valence-electron chi connectivity index (χ2n) is 4.64. The molecule has 20 heavy (non-hydrogen) atoms. The molecule has 0 N–H and O–H groups in total. The third kappa shape index (κ3) is 2.01. The van der Waals surface area contributed by atoms with Crippen LogP contribution < -0.4 is 0 Å². The van der Waals surface area contributed by atoms with Gasteiger partial charge in [-0.2, -0.15) is 4.98 Å². The summed E-state index contributed by atoms with van der Waals surface area (Å²) in [4.78, 5) is 16.0. The number of para-hydroxylation sites is 1. The van der Waals surface area contributed by atoms with Gasteiger partial charge >= 0.3 is 0 Å². The van der Waals surface area contributed by atoms with Crippen LogP contribution in [0.3, 0.4) is 0 Å². The van der Waals surface area contributed by atoms with Crippen LogP contribution in [0.1, 0.15) is 32.1 Å². The molecule has 1 unspecified atom stereocenters. The van der Waals surface area contributed by atoms with Crippen molar-refractivity contribution in [1.82, 2.24) is 10.1 Å². The van der Waals surface area contributed by atoms with Crippen LogP contribution in [-0.4, -0.2) is 15.9 Å². The standard InChI is InChI=1S/C15H14N2O3/c1-3-12(18)9(2)15-16-14(17-20-15)11-8-19-13-7-5-4-6-10(11)13/h4-9H,3H2,1-2H3. The average molecular weight is 270 g/mol. The summed E-state index contributed by atoms with van der Waals surface area (Å²) in [5.41, 5.74) is 1.54. The first-order valence-electron chi connectivity index (χ1n) is 6.53. The SMILES string of the molecule is CCC(=O)C(C)c1nc(-c2coc3ccccc23)no1. The van der Waals surface area contributed by atoms with Gasteiger partial charge in [0.25, 0.3) is 0 Å². The maximum atomic E-state index is 11.7. The Balaban J connectivity index is 2.00. The monoisotopic (exact) mass is 270 g/mol. The van der Waals surface area contributed by atoms with Crippen LogP contribution in [0, 0.1) is 0 Å². The Morgan fingerprint density at radius 3 is 2.95 bits per heavy atom. The lowest BCUT2D eigenvalue weighted by atomic mass is 10.1. The quantitative estimate of drug-likeness (QED) is 0.725. The van der Waals surface area contributed by atoms with E-state index in [0.29, 0.717) is 18.1 Å². The molecular formula is C15H14N2O3. The second kappa shape index (κ2) is 4.92. The summed E-state index contributed by atoms with van der Waals surface area (Å²) in [7, 11) is 0. The molecule has 0 aliphatic heterocycles. The highest BCUT2D eigenvalue weighted by atomic mass is 16.5. The molecular weight excluding hydrogens is 256 g/mol. The van der Waals surface area contributed by atoms with Gasteiger partial charge in [-0.3, -0.25) is 4.79 Å². The lowest BCUT2D eigenvalue weighted by molar-refractivity contribution is -0.120. The highest BCUT2D eigenvalue weighted by molar-refractivity contribution is 5.92. The second-order valence-corrected chi connectivity index (χ2v) is 4.64. The highest BCUT2D eigenvalue weighted by Gasteiger charge is 2.22. The Bertz CT molecular complexity index is 757. The Morgan fingerprint density at radius 2 is 2.15 bits per heavy atom. The number of hydrogen-bond acceptors (Lipinski definition) is 5. The predicted molar refractivity (Wildman–Crippen MR) is 73.2 cm³/mol. The smallest absolute Gasteiger partial charge is 0.237 e. The van der Waals surface area contributed by atoms with Crippen molar-refractivity contribution >= 4 is 16.8 Å².